The molecule has 0 aliphatic heterocycles. The summed E-state index contributed by atoms with van der Waals surface area (Å²) in [6.07, 6.45) is 15.0. The molecule has 0 aromatic heterocycles. The molecular formula is C15H28O. The average molecular weight is 224 g/mol. The number of hydrogen-bond acceptors (Lipinski definition) is 1. The molecule has 0 radical (unpaired) electrons. The standard InChI is InChI=1S/C15H28O/c1-2-3-4-5-6-7-10-15-11-8-9-14(16)13(15)12-15/h13-14,16H,2-12H2,1H3/t13-,14-,15-/m0/s1. The van der Waals surface area contributed by atoms with E-state index in [1.54, 1.807) is 0 Å². The van der Waals surface area contributed by atoms with E-state index >= 15 is 0 Å². The molecule has 1 N–H and O–H groups in total. The second kappa shape index (κ2) is 5.53. The predicted octanol–water partition coefficient (Wildman–Crippen LogP) is 4.29. The molecular weight excluding hydrogens is 196 g/mol. The predicted molar refractivity (Wildman–Crippen MR) is 68.4 cm³/mol. The summed E-state index contributed by atoms with van der Waals surface area (Å²) in [5.41, 5.74) is 0.614. The van der Waals surface area contributed by atoms with Crippen molar-refractivity contribution in [1.82, 2.24) is 0 Å². The molecule has 0 saturated heterocycles. The molecule has 2 aliphatic carbocycles. The Kier molecular flexibility index (Phi) is 4.29. The molecule has 1 nitrogen and oxygen atoms in total. The summed E-state index contributed by atoms with van der Waals surface area (Å²) in [5, 5.41) is 9.86. The lowest BCUT2D eigenvalue weighted by Crippen LogP contribution is -2.21. The normalized spacial score (nSPS) is 37.1. The molecule has 0 amide bonds. The SMILES string of the molecule is CCCCCCCC[C@@]12CCC[C@H](O)[C@@H]1C2. The van der Waals surface area contributed by atoms with Crippen LogP contribution in [0.3, 0.4) is 0 Å². The lowest BCUT2D eigenvalue weighted by atomic mass is 9.83. The number of aliphatic hydroxyl groups is 1. The molecule has 16 heavy (non-hydrogen) atoms. The lowest BCUT2D eigenvalue weighted by Gasteiger charge is -2.25. The smallest absolute Gasteiger partial charge is 0.0573 e. The maximum atomic E-state index is 9.86. The topological polar surface area (TPSA) is 20.2 Å². The van der Waals surface area contributed by atoms with E-state index in [2.05, 4.69) is 6.92 Å². The van der Waals surface area contributed by atoms with Gasteiger partial charge in [-0.2, -0.15) is 0 Å². The van der Waals surface area contributed by atoms with Crippen LogP contribution in [0.25, 0.3) is 0 Å². The number of unbranched alkanes of at least 4 members (excludes halogenated alkanes) is 5. The van der Waals surface area contributed by atoms with Gasteiger partial charge in [0.2, 0.25) is 0 Å². The van der Waals surface area contributed by atoms with Gasteiger partial charge < -0.3 is 5.11 Å². The van der Waals surface area contributed by atoms with Crippen molar-refractivity contribution in [2.24, 2.45) is 11.3 Å². The van der Waals surface area contributed by atoms with E-state index in [-0.39, 0.29) is 6.10 Å². The number of fused-ring (bicyclic) bond motifs is 1. The first-order valence-corrected chi connectivity index (χ1v) is 7.46. The number of aliphatic hydroxyl groups excluding tert-OH is 1. The molecule has 0 aromatic carbocycles. The third kappa shape index (κ3) is 2.80. The summed E-state index contributed by atoms with van der Waals surface area (Å²) in [6, 6.07) is 0. The second-order valence-corrected chi connectivity index (χ2v) is 6.15. The van der Waals surface area contributed by atoms with E-state index in [0.717, 1.165) is 6.42 Å². The molecule has 0 bridgehead atoms. The van der Waals surface area contributed by atoms with Gasteiger partial charge in [0.15, 0.2) is 0 Å². The van der Waals surface area contributed by atoms with Crippen LogP contribution < -0.4 is 0 Å². The van der Waals surface area contributed by atoms with Crippen molar-refractivity contribution in [3.05, 3.63) is 0 Å². The Balaban J connectivity index is 1.57. The van der Waals surface area contributed by atoms with Crippen molar-refractivity contribution >= 4 is 0 Å². The van der Waals surface area contributed by atoms with E-state index in [4.69, 9.17) is 0 Å². The first kappa shape index (κ1) is 12.4. The maximum absolute atomic E-state index is 9.86. The average Bonchev–Trinajstić information content (AvgIpc) is 3.00. The third-order valence-electron chi connectivity index (χ3n) is 4.92. The van der Waals surface area contributed by atoms with Gasteiger partial charge in [-0.25, -0.2) is 0 Å². The van der Waals surface area contributed by atoms with Crippen molar-refractivity contribution in [3.63, 3.8) is 0 Å². The van der Waals surface area contributed by atoms with Crippen LogP contribution in [0.2, 0.25) is 0 Å². The zero-order valence-corrected chi connectivity index (χ0v) is 10.9. The first-order chi connectivity index (χ1) is 7.78. The van der Waals surface area contributed by atoms with E-state index < -0.39 is 0 Å². The summed E-state index contributed by atoms with van der Waals surface area (Å²) in [5.74, 6) is 0.692. The Morgan fingerprint density at radius 2 is 1.88 bits per heavy atom. The molecule has 0 aromatic rings. The summed E-state index contributed by atoms with van der Waals surface area (Å²) in [6.45, 7) is 2.27. The van der Waals surface area contributed by atoms with Gasteiger partial charge in [-0.15, -0.1) is 0 Å². The fraction of sp³-hybridized carbons (Fsp3) is 1.00. The highest BCUT2D eigenvalue weighted by molar-refractivity contribution is 5.07. The van der Waals surface area contributed by atoms with E-state index in [1.165, 1.54) is 64.2 Å². The quantitative estimate of drug-likeness (QED) is 0.640. The molecule has 2 rings (SSSR count). The highest BCUT2D eigenvalue weighted by atomic mass is 16.3. The van der Waals surface area contributed by atoms with Gasteiger partial charge in [0.1, 0.15) is 0 Å². The highest BCUT2D eigenvalue weighted by Crippen LogP contribution is 2.64. The van der Waals surface area contributed by atoms with Crippen LogP contribution in [0, 0.1) is 11.3 Å². The summed E-state index contributed by atoms with van der Waals surface area (Å²) >= 11 is 0. The van der Waals surface area contributed by atoms with Gasteiger partial charge >= 0.3 is 0 Å². The van der Waals surface area contributed by atoms with E-state index in [0.29, 0.717) is 11.3 Å². The largest absolute Gasteiger partial charge is 0.393 e. The van der Waals surface area contributed by atoms with Gasteiger partial charge in [0, 0.05) is 0 Å². The molecule has 3 atom stereocenters. The van der Waals surface area contributed by atoms with Gasteiger partial charge in [-0.3, -0.25) is 0 Å². The van der Waals surface area contributed by atoms with Crippen LogP contribution in [0.5, 0.6) is 0 Å². The van der Waals surface area contributed by atoms with Crippen molar-refractivity contribution in [2.75, 3.05) is 0 Å². The molecule has 0 unspecified atom stereocenters. The molecule has 0 heterocycles. The highest BCUT2D eigenvalue weighted by Gasteiger charge is 2.57. The number of hydrogen-bond donors (Lipinski definition) is 1. The molecule has 0 spiro atoms. The van der Waals surface area contributed by atoms with E-state index in [9.17, 15) is 5.11 Å². The van der Waals surface area contributed by atoms with Crippen LogP contribution >= 0.6 is 0 Å². The van der Waals surface area contributed by atoms with Crippen LogP contribution in [0.4, 0.5) is 0 Å². The van der Waals surface area contributed by atoms with Crippen LogP contribution in [0.15, 0.2) is 0 Å². The fourth-order valence-electron chi connectivity index (χ4n) is 3.74. The Morgan fingerprint density at radius 3 is 2.69 bits per heavy atom. The molecule has 1 heteroatoms. The van der Waals surface area contributed by atoms with Gasteiger partial charge in [-0.1, -0.05) is 51.9 Å². The molecule has 2 fully saturated rings. The fourth-order valence-corrected chi connectivity index (χ4v) is 3.74. The minimum absolute atomic E-state index is 0.0499. The zero-order chi connectivity index (χ0) is 11.4. The minimum Gasteiger partial charge on any atom is -0.393 e. The molecule has 2 saturated carbocycles. The lowest BCUT2D eigenvalue weighted by molar-refractivity contribution is 0.0896. The van der Waals surface area contributed by atoms with Crippen LogP contribution in [-0.4, -0.2) is 11.2 Å². The van der Waals surface area contributed by atoms with Gasteiger partial charge in [0.25, 0.3) is 0 Å². The second-order valence-electron chi connectivity index (χ2n) is 6.15. The molecule has 94 valence electrons. The summed E-state index contributed by atoms with van der Waals surface area (Å²) in [7, 11) is 0. The monoisotopic (exact) mass is 224 g/mol. The van der Waals surface area contributed by atoms with Crippen LogP contribution in [-0.2, 0) is 0 Å². The summed E-state index contributed by atoms with van der Waals surface area (Å²) < 4.78 is 0. The molecule has 2 aliphatic rings. The van der Waals surface area contributed by atoms with Gasteiger partial charge in [0.05, 0.1) is 6.10 Å². The first-order valence-electron chi connectivity index (χ1n) is 7.46. The minimum atomic E-state index is 0.0499. The van der Waals surface area contributed by atoms with Crippen molar-refractivity contribution in [1.29, 1.82) is 0 Å². The van der Waals surface area contributed by atoms with E-state index in [1.807, 2.05) is 0 Å². The zero-order valence-electron chi connectivity index (χ0n) is 10.9. The van der Waals surface area contributed by atoms with Crippen molar-refractivity contribution in [2.45, 2.75) is 83.7 Å². The Morgan fingerprint density at radius 1 is 1.12 bits per heavy atom. The van der Waals surface area contributed by atoms with Crippen LogP contribution in [0.1, 0.15) is 77.6 Å². The Labute approximate surface area is 101 Å². The maximum Gasteiger partial charge on any atom is 0.0573 e. The van der Waals surface area contributed by atoms with Crippen molar-refractivity contribution < 1.29 is 5.11 Å². The van der Waals surface area contributed by atoms with Gasteiger partial charge in [-0.05, 0) is 37.0 Å². The third-order valence-corrected chi connectivity index (χ3v) is 4.92. The Bertz CT molecular complexity index is 213. The summed E-state index contributed by atoms with van der Waals surface area (Å²) in [4.78, 5) is 0. The Hall–Kier alpha value is -0.0400. The van der Waals surface area contributed by atoms with Crippen molar-refractivity contribution in [3.8, 4) is 0 Å². The number of rotatable bonds is 7.